The molecule has 2 bridgehead atoms. The number of hydrogen-bond donors (Lipinski definition) is 0. The molecular formula is C19H13N3O2. The highest BCUT2D eigenvalue weighted by Crippen LogP contribution is 2.44. The maximum atomic E-state index is 13.0. The molecule has 116 valence electrons. The minimum atomic E-state index is -0.373. The van der Waals surface area contributed by atoms with Crippen molar-refractivity contribution < 1.29 is 9.59 Å². The summed E-state index contributed by atoms with van der Waals surface area (Å²) in [7, 11) is 0. The number of urea groups is 1. The number of hydrogen-bond acceptors (Lipinski definition) is 3. The Morgan fingerprint density at radius 3 is 2.58 bits per heavy atom. The monoisotopic (exact) mass is 315 g/mol. The lowest BCUT2D eigenvalue weighted by molar-refractivity contribution is -0.119. The van der Waals surface area contributed by atoms with Crippen molar-refractivity contribution in [3.63, 3.8) is 0 Å². The summed E-state index contributed by atoms with van der Waals surface area (Å²) in [5.41, 5.74) is 1.10. The second-order valence-electron chi connectivity index (χ2n) is 6.45. The van der Waals surface area contributed by atoms with E-state index in [0.29, 0.717) is 11.3 Å². The average Bonchev–Trinajstić information content (AvgIpc) is 3.28. The molecule has 2 heterocycles. The molecule has 0 radical (unpaired) electrons. The van der Waals surface area contributed by atoms with Gasteiger partial charge in [-0.3, -0.25) is 4.79 Å². The minimum Gasteiger partial charge on any atom is -0.305 e. The number of nitriles is 1. The molecule has 0 spiro atoms. The van der Waals surface area contributed by atoms with E-state index in [4.69, 9.17) is 0 Å². The highest BCUT2D eigenvalue weighted by Gasteiger charge is 2.57. The predicted molar refractivity (Wildman–Crippen MR) is 88.2 cm³/mol. The number of carbonyl (C=O) groups excluding carboxylic acids is 2. The zero-order valence-electron chi connectivity index (χ0n) is 12.7. The number of nitrogens with zero attached hydrogens (tertiary/aromatic N) is 3. The zero-order valence-corrected chi connectivity index (χ0v) is 12.7. The molecular weight excluding hydrogens is 302 g/mol. The molecule has 0 aromatic heterocycles. The molecule has 2 fully saturated rings. The van der Waals surface area contributed by atoms with Crippen LogP contribution in [-0.2, 0) is 4.79 Å². The number of fused-ring (bicyclic) bond motifs is 6. The van der Waals surface area contributed by atoms with Gasteiger partial charge < -0.3 is 4.90 Å². The minimum absolute atomic E-state index is 0.0334. The van der Waals surface area contributed by atoms with E-state index in [0.717, 1.165) is 17.2 Å². The molecule has 0 unspecified atom stereocenters. The van der Waals surface area contributed by atoms with Gasteiger partial charge in [0.1, 0.15) is 6.04 Å². The van der Waals surface area contributed by atoms with Crippen LogP contribution in [0, 0.1) is 17.2 Å². The number of rotatable bonds is 1. The van der Waals surface area contributed by atoms with Crippen LogP contribution in [0.4, 0.5) is 10.5 Å². The molecule has 1 aliphatic carbocycles. The fourth-order valence-electron chi connectivity index (χ4n) is 4.26. The summed E-state index contributed by atoms with van der Waals surface area (Å²) in [5.74, 6) is -0.0344. The van der Waals surface area contributed by atoms with Crippen LogP contribution in [0.15, 0.2) is 48.6 Å². The van der Waals surface area contributed by atoms with Crippen LogP contribution >= 0.6 is 0 Å². The summed E-state index contributed by atoms with van der Waals surface area (Å²) in [6, 6.07) is 12.3. The highest BCUT2D eigenvalue weighted by atomic mass is 16.2. The van der Waals surface area contributed by atoms with Crippen molar-refractivity contribution >= 4 is 28.4 Å². The first kappa shape index (κ1) is 13.3. The zero-order chi connectivity index (χ0) is 16.4. The number of amides is 3. The molecule has 2 saturated heterocycles. The summed E-state index contributed by atoms with van der Waals surface area (Å²) in [6.07, 6.45) is 4.92. The third-order valence-electron chi connectivity index (χ3n) is 5.30. The smallest absolute Gasteiger partial charge is 0.305 e. The quantitative estimate of drug-likeness (QED) is 0.600. The molecule has 5 rings (SSSR count). The van der Waals surface area contributed by atoms with Crippen molar-refractivity contribution in [3.05, 3.63) is 54.1 Å². The lowest BCUT2D eigenvalue weighted by Gasteiger charge is -2.22. The van der Waals surface area contributed by atoms with Gasteiger partial charge in [-0.1, -0.05) is 36.4 Å². The summed E-state index contributed by atoms with van der Waals surface area (Å²) in [4.78, 5) is 28.9. The Labute approximate surface area is 138 Å². The predicted octanol–water partition coefficient (Wildman–Crippen LogP) is 2.81. The first-order chi connectivity index (χ1) is 11.7. The molecule has 5 heteroatoms. The highest BCUT2D eigenvalue weighted by molar-refractivity contribution is 6.25. The molecule has 24 heavy (non-hydrogen) atoms. The molecule has 3 amide bonds. The van der Waals surface area contributed by atoms with Crippen molar-refractivity contribution in [2.24, 2.45) is 5.92 Å². The standard InChI is InChI=1S/C19H13N3O2/c20-10-12-6-8-16(15-4-2-1-3-14(12)15)22-18(23)17-11-5-7-13(9-11)21(17)19(22)24/h1-8,11,13,17H,9H2/t11-,13+,17+/m1/s1. The van der Waals surface area contributed by atoms with E-state index in [1.807, 2.05) is 30.3 Å². The first-order valence-corrected chi connectivity index (χ1v) is 7.97. The Kier molecular flexibility index (Phi) is 2.47. The van der Waals surface area contributed by atoms with Crippen molar-refractivity contribution in [2.45, 2.75) is 18.5 Å². The molecule has 2 aromatic rings. The first-order valence-electron chi connectivity index (χ1n) is 7.97. The number of carbonyl (C=O) groups is 2. The van der Waals surface area contributed by atoms with E-state index in [9.17, 15) is 14.9 Å². The van der Waals surface area contributed by atoms with Gasteiger partial charge in [0.05, 0.1) is 23.4 Å². The van der Waals surface area contributed by atoms with Crippen molar-refractivity contribution in [1.82, 2.24) is 4.90 Å². The molecule has 0 N–H and O–H groups in total. The van der Waals surface area contributed by atoms with Gasteiger partial charge in [0, 0.05) is 16.7 Å². The van der Waals surface area contributed by atoms with Gasteiger partial charge >= 0.3 is 6.03 Å². The number of imide groups is 1. The second kappa shape index (κ2) is 4.45. The maximum Gasteiger partial charge on any atom is 0.332 e. The number of benzene rings is 2. The molecule has 3 aliphatic rings. The molecule has 3 atom stereocenters. The summed E-state index contributed by atoms with van der Waals surface area (Å²) in [5, 5.41) is 10.8. The molecule has 5 nitrogen and oxygen atoms in total. The van der Waals surface area contributed by atoms with Crippen LogP contribution in [-0.4, -0.2) is 28.9 Å². The summed E-state index contributed by atoms with van der Waals surface area (Å²) < 4.78 is 0. The molecule has 0 saturated carbocycles. The SMILES string of the molecule is N#Cc1ccc(N2C(=O)[C@@H]3[C@@H]4C=C[C@@H](C4)N3C2=O)c2ccccc12. The van der Waals surface area contributed by atoms with E-state index in [2.05, 4.69) is 12.1 Å². The Bertz CT molecular complexity index is 958. The van der Waals surface area contributed by atoms with Gasteiger partial charge in [0.2, 0.25) is 0 Å². The van der Waals surface area contributed by atoms with Crippen molar-refractivity contribution in [1.29, 1.82) is 5.26 Å². The number of anilines is 1. The van der Waals surface area contributed by atoms with Gasteiger partial charge in [-0.25, -0.2) is 9.69 Å². The van der Waals surface area contributed by atoms with Gasteiger partial charge in [0.25, 0.3) is 5.91 Å². The van der Waals surface area contributed by atoms with Crippen LogP contribution in [0.25, 0.3) is 10.8 Å². The Balaban J connectivity index is 1.69. The van der Waals surface area contributed by atoms with E-state index in [-0.39, 0.29) is 29.9 Å². The summed E-state index contributed by atoms with van der Waals surface area (Å²) in [6.45, 7) is 0. The van der Waals surface area contributed by atoms with Crippen LogP contribution in [0.1, 0.15) is 12.0 Å². The van der Waals surface area contributed by atoms with Crippen LogP contribution in [0.3, 0.4) is 0 Å². The third kappa shape index (κ3) is 1.48. The topological polar surface area (TPSA) is 64.4 Å². The van der Waals surface area contributed by atoms with Gasteiger partial charge in [-0.05, 0) is 18.6 Å². The fraction of sp³-hybridized carbons (Fsp3) is 0.211. The second-order valence-corrected chi connectivity index (χ2v) is 6.45. The third-order valence-corrected chi connectivity index (χ3v) is 5.30. The van der Waals surface area contributed by atoms with E-state index < -0.39 is 0 Å². The Hall–Kier alpha value is -3.13. The van der Waals surface area contributed by atoms with E-state index >= 15 is 0 Å². The lowest BCUT2D eigenvalue weighted by Crippen LogP contribution is -2.38. The Morgan fingerprint density at radius 1 is 1.04 bits per heavy atom. The van der Waals surface area contributed by atoms with E-state index in [1.54, 1.807) is 17.0 Å². The summed E-state index contributed by atoms with van der Waals surface area (Å²) >= 11 is 0. The van der Waals surface area contributed by atoms with Crippen LogP contribution in [0.2, 0.25) is 0 Å². The van der Waals surface area contributed by atoms with Crippen LogP contribution < -0.4 is 4.90 Å². The Morgan fingerprint density at radius 2 is 1.83 bits per heavy atom. The van der Waals surface area contributed by atoms with Gasteiger partial charge in [0.15, 0.2) is 0 Å². The van der Waals surface area contributed by atoms with Crippen molar-refractivity contribution in [3.8, 4) is 6.07 Å². The fourth-order valence-corrected chi connectivity index (χ4v) is 4.26. The molecule has 2 aromatic carbocycles. The van der Waals surface area contributed by atoms with E-state index in [1.165, 1.54) is 4.90 Å². The maximum absolute atomic E-state index is 13.0. The largest absolute Gasteiger partial charge is 0.332 e. The average molecular weight is 315 g/mol. The van der Waals surface area contributed by atoms with Crippen molar-refractivity contribution in [2.75, 3.05) is 4.90 Å². The van der Waals surface area contributed by atoms with Gasteiger partial charge in [-0.2, -0.15) is 5.26 Å². The van der Waals surface area contributed by atoms with Crippen LogP contribution in [0.5, 0.6) is 0 Å². The lowest BCUT2D eigenvalue weighted by atomic mass is 10.0. The normalized spacial score (nSPS) is 27.2. The molecule has 2 aliphatic heterocycles. The van der Waals surface area contributed by atoms with Gasteiger partial charge in [-0.15, -0.1) is 0 Å².